The quantitative estimate of drug-likeness (QED) is 0.743. The molecular weight excluding hydrogens is 448 g/mol. The Morgan fingerprint density at radius 1 is 1.20 bits per heavy atom. The van der Waals surface area contributed by atoms with Crippen LogP contribution in [-0.2, 0) is 16.2 Å². The molecule has 0 aliphatic carbocycles. The Balaban J connectivity index is 1.30. The summed E-state index contributed by atoms with van der Waals surface area (Å²) < 4.78 is 0.989. The number of hydrogen-bond donors (Lipinski definition) is 1. The normalized spacial score (nSPS) is 17.4. The second kappa shape index (κ2) is 8.55. The topological polar surface area (TPSA) is 83.9 Å². The first kappa shape index (κ1) is 20.5. The number of aromatic nitrogens is 1. The number of benzene rings is 1. The van der Waals surface area contributed by atoms with E-state index in [1.54, 1.807) is 12.4 Å². The molecule has 156 valence electrons. The van der Waals surface area contributed by atoms with Crippen molar-refractivity contribution in [1.82, 2.24) is 15.2 Å². The number of rotatable bonds is 4. The van der Waals surface area contributed by atoms with E-state index < -0.39 is 5.60 Å². The third-order valence-corrected chi connectivity index (χ3v) is 6.56. The number of amides is 2. The fourth-order valence-corrected chi connectivity index (χ4v) is 4.02. The van der Waals surface area contributed by atoms with Crippen molar-refractivity contribution in [2.24, 2.45) is 5.16 Å². The smallest absolute Gasteiger partial charge is 0.269 e. The van der Waals surface area contributed by atoms with Crippen LogP contribution >= 0.6 is 15.9 Å². The average Bonchev–Trinajstić information content (AvgIpc) is 3.18. The summed E-state index contributed by atoms with van der Waals surface area (Å²) in [7, 11) is 0. The molecule has 2 amide bonds. The molecule has 2 aliphatic rings. The molecule has 2 aromatic rings. The number of nitrogens with one attached hydrogen (secondary N) is 1. The van der Waals surface area contributed by atoms with Gasteiger partial charge in [0.25, 0.3) is 11.8 Å². The van der Waals surface area contributed by atoms with E-state index in [0.717, 1.165) is 15.6 Å². The van der Waals surface area contributed by atoms with E-state index in [-0.39, 0.29) is 11.8 Å². The number of pyridine rings is 1. The molecule has 7 nitrogen and oxygen atoms in total. The molecule has 2 aliphatic heterocycles. The van der Waals surface area contributed by atoms with Crippen LogP contribution in [0.5, 0.6) is 0 Å². The van der Waals surface area contributed by atoms with Gasteiger partial charge in [0.1, 0.15) is 11.3 Å². The molecule has 4 rings (SSSR count). The molecular formula is C22H23BrN4O3. The zero-order chi connectivity index (χ0) is 21.1. The van der Waals surface area contributed by atoms with E-state index in [1.807, 2.05) is 42.2 Å². The standard InChI is InChI=1S/C22H23BrN4O3/c1-15-12-17(2-3-18(15)23)21(29)27-10-6-22(7-11-27)13-19(26-30-22)20(28)25-14-16-4-8-24-9-5-16/h2-5,8-9,12H,6-7,10-11,13-14H2,1H3,(H,25,28). The molecule has 0 saturated carbocycles. The summed E-state index contributed by atoms with van der Waals surface area (Å²) in [5.74, 6) is -0.192. The van der Waals surface area contributed by atoms with E-state index >= 15 is 0 Å². The number of piperidine rings is 1. The number of likely N-dealkylation sites (tertiary alicyclic amines) is 1. The van der Waals surface area contributed by atoms with Crippen molar-refractivity contribution in [1.29, 1.82) is 0 Å². The molecule has 1 aromatic carbocycles. The molecule has 1 N–H and O–H groups in total. The summed E-state index contributed by atoms with van der Waals surface area (Å²) in [6.07, 6.45) is 5.15. The van der Waals surface area contributed by atoms with Crippen LogP contribution in [0, 0.1) is 6.92 Å². The van der Waals surface area contributed by atoms with Crippen LogP contribution in [0.25, 0.3) is 0 Å². The largest absolute Gasteiger partial charge is 0.388 e. The van der Waals surface area contributed by atoms with Gasteiger partial charge in [0, 0.05) is 61.3 Å². The number of carbonyl (C=O) groups is 2. The molecule has 8 heteroatoms. The average molecular weight is 471 g/mol. The predicted octanol–water partition coefficient (Wildman–Crippen LogP) is 3.22. The van der Waals surface area contributed by atoms with E-state index in [9.17, 15) is 9.59 Å². The number of nitrogens with zero attached hydrogens (tertiary/aromatic N) is 3. The lowest BCUT2D eigenvalue weighted by molar-refractivity contribution is -0.115. The zero-order valence-corrected chi connectivity index (χ0v) is 18.3. The van der Waals surface area contributed by atoms with Gasteiger partial charge in [-0.15, -0.1) is 0 Å². The monoisotopic (exact) mass is 470 g/mol. The first-order valence-corrected chi connectivity index (χ1v) is 10.7. The van der Waals surface area contributed by atoms with E-state index in [4.69, 9.17) is 4.84 Å². The highest BCUT2D eigenvalue weighted by Crippen LogP contribution is 2.35. The molecule has 0 radical (unpaired) electrons. The van der Waals surface area contributed by atoms with Gasteiger partial charge < -0.3 is 15.1 Å². The van der Waals surface area contributed by atoms with E-state index in [0.29, 0.717) is 50.2 Å². The fourth-order valence-electron chi connectivity index (χ4n) is 3.77. The van der Waals surface area contributed by atoms with Gasteiger partial charge >= 0.3 is 0 Å². The van der Waals surface area contributed by atoms with Gasteiger partial charge in [0.15, 0.2) is 0 Å². The molecule has 3 heterocycles. The second-order valence-corrected chi connectivity index (χ2v) is 8.64. The lowest BCUT2D eigenvalue weighted by atomic mass is 9.86. The summed E-state index contributed by atoms with van der Waals surface area (Å²) in [5.41, 5.74) is 2.61. The Labute approximate surface area is 183 Å². The van der Waals surface area contributed by atoms with E-state index in [1.165, 1.54) is 0 Å². The minimum absolute atomic E-state index is 0.0229. The maximum Gasteiger partial charge on any atom is 0.269 e. The molecule has 1 spiro atoms. The molecule has 1 saturated heterocycles. The van der Waals surface area contributed by atoms with Crippen LogP contribution in [-0.4, -0.2) is 46.1 Å². The van der Waals surface area contributed by atoms with Gasteiger partial charge in [-0.05, 0) is 48.4 Å². The first-order valence-electron chi connectivity index (χ1n) is 9.93. The van der Waals surface area contributed by atoms with Crippen LogP contribution in [0.3, 0.4) is 0 Å². The van der Waals surface area contributed by atoms with Crippen molar-refractivity contribution < 1.29 is 14.4 Å². The van der Waals surface area contributed by atoms with Crippen molar-refractivity contribution in [3.05, 3.63) is 63.9 Å². The lowest BCUT2D eigenvalue weighted by Crippen LogP contribution is -2.47. The van der Waals surface area contributed by atoms with Crippen LogP contribution in [0.15, 0.2) is 52.4 Å². The van der Waals surface area contributed by atoms with Crippen LogP contribution in [0.2, 0.25) is 0 Å². The summed E-state index contributed by atoms with van der Waals surface area (Å²) in [4.78, 5) is 36.8. The second-order valence-electron chi connectivity index (χ2n) is 7.78. The molecule has 30 heavy (non-hydrogen) atoms. The van der Waals surface area contributed by atoms with Crippen molar-refractivity contribution >= 4 is 33.5 Å². The van der Waals surface area contributed by atoms with Crippen molar-refractivity contribution in [3.63, 3.8) is 0 Å². The molecule has 1 aromatic heterocycles. The van der Waals surface area contributed by atoms with Crippen molar-refractivity contribution in [2.75, 3.05) is 13.1 Å². The maximum atomic E-state index is 12.8. The number of carbonyl (C=O) groups excluding carboxylic acids is 2. The highest BCUT2D eigenvalue weighted by molar-refractivity contribution is 9.10. The Morgan fingerprint density at radius 2 is 1.93 bits per heavy atom. The molecule has 0 bridgehead atoms. The third kappa shape index (κ3) is 4.38. The third-order valence-electron chi connectivity index (χ3n) is 5.67. The summed E-state index contributed by atoms with van der Waals surface area (Å²) in [6.45, 7) is 3.55. The number of hydrogen-bond acceptors (Lipinski definition) is 5. The SMILES string of the molecule is Cc1cc(C(=O)N2CCC3(CC2)CC(C(=O)NCc2ccncc2)=NO3)ccc1Br. The zero-order valence-electron chi connectivity index (χ0n) is 16.7. The van der Waals surface area contributed by atoms with Gasteiger partial charge in [-0.2, -0.15) is 0 Å². The van der Waals surface area contributed by atoms with Gasteiger partial charge in [0.2, 0.25) is 0 Å². The molecule has 0 atom stereocenters. The lowest BCUT2D eigenvalue weighted by Gasteiger charge is -2.37. The molecule has 0 unspecified atom stereocenters. The highest BCUT2D eigenvalue weighted by atomic mass is 79.9. The van der Waals surface area contributed by atoms with Crippen molar-refractivity contribution in [2.45, 2.75) is 38.3 Å². The Morgan fingerprint density at radius 3 is 2.63 bits per heavy atom. The Kier molecular flexibility index (Phi) is 5.85. The number of halogens is 1. The first-order chi connectivity index (χ1) is 14.5. The van der Waals surface area contributed by atoms with Gasteiger partial charge in [-0.3, -0.25) is 14.6 Å². The highest BCUT2D eigenvalue weighted by Gasteiger charge is 2.44. The van der Waals surface area contributed by atoms with Gasteiger partial charge in [0.05, 0.1) is 0 Å². The fraction of sp³-hybridized carbons (Fsp3) is 0.364. The van der Waals surface area contributed by atoms with Crippen LogP contribution in [0.4, 0.5) is 0 Å². The minimum Gasteiger partial charge on any atom is -0.388 e. The summed E-state index contributed by atoms with van der Waals surface area (Å²) in [5, 5.41) is 6.93. The maximum absolute atomic E-state index is 12.8. The minimum atomic E-state index is -0.490. The van der Waals surface area contributed by atoms with Gasteiger partial charge in [-0.1, -0.05) is 21.1 Å². The number of aryl methyl sites for hydroxylation is 1. The molecule has 1 fully saturated rings. The van der Waals surface area contributed by atoms with Gasteiger partial charge in [-0.25, -0.2) is 0 Å². The number of oxime groups is 1. The Hall–Kier alpha value is -2.74. The van der Waals surface area contributed by atoms with Crippen LogP contribution in [0.1, 0.15) is 40.7 Å². The van der Waals surface area contributed by atoms with E-state index in [2.05, 4.69) is 31.4 Å². The summed E-state index contributed by atoms with van der Waals surface area (Å²) in [6, 6.07) is 9.35. The summed E-state index contributed by atoms with van der Waals surface area (Å²) >= 11 is 3.47. The predicted molar refractivity (Wildman–Crippen MR) is 116 cm³/mol. The Bertz CT molecular complexity index is 985. The van der Waals surface area contributed by atoms with Crippen molar-refractivity contribution in [3.8, 4) is 0 Å². The van der Waals surface area contributed by atoms with Crippen LogP contribution < -0.4 is 5.32 Å².